The Bertz CT molecular complexity index is 1370. The zero-order chi connectivity index (χ0) is 51.3. The fourth-order valence-electron chi connectivity index (χ4n) is 8.18. The first-order valence-electron chi connectivity index (χ1n) is 28.7. The Morgan fingerprint density at radius 3 is 1.20 bits per heavy atom. The number of phosphoric ester groups is 1. The van der Waals surface area contributed by atoms with Crippen LogP contribution in [0, 0.1) is 0 Å². The van der Waals surface area contributed by atoms with Crippen LogP contribution >= 0.6 is 7.82 Å². The Labute approximate surface area is 428 Å². The summed E-state index contributed by atoms with van der Waals surface area (Å²) in [6, 6.07) is -1.55. The van der Waals surface area contributed by atoms with Crippen molar-refractivity contribution in [3.63, 3.8) is 0 Å². The van der Waals surface area contributed by atoms with E-state index in [2.05, 4.69) is 67.8 Å². The number of hydrogen-bond donors (Lipinski definition) is 4. The van der Waals surface area contributed by atoms with Crippen molar-refractivity contribution in [3.8, 4) is 0 Å². The van der Waals surface area contributed by atoms with Crippen LogP contribution in [-0.2, 0) is 32.7 Å². The molecule has 0 aromatic carbocycles. The van der Waals surface area contributed by atoms with E-state index in [0.717, 1.165) is 70.6 Å². The molecule has 0 rings (SSSR count). The highest BCUT2D eigenvalue weighted by atomic mass is 31.2. The lowest BCUT2D eigenvalue weighted by Crippen LogP contribution is -2.43. The highest BCUT2D eigenvalue weighted by Gasteiger charge is 2.28. The van der Waals surface area contributed by atoms with E-state index in [4.69, 9.17) is 13.8 Å². The van der Waals surface area contributed by atoms with Crippen LogP contribution in [0.5, 0.6) is 0 Å². The number of carboxylic acids is 1. The zero-order valence-corrected chi connectivity index (χ0v) is 45.7. The van der Waals surface area contributed by atoms with E-state index >= 15 is 0 Å². The Hall–Kier alpha value is -2.56. The molecule has 0 saturated heterocycles. The number of phosphoric acid groups is 1. The van der Waals surface area contributed by atoms with Gasteiger partial charge in [-0.15, -0.1) is 0 Å². The van der Waals surface area contributed by atoms with Gasteiger partial charge < -0.3 is 25.2 Å². The van der Waals surface area contributed by atoms with Crippen molar-refractivity contribution in [2.75, 3.05) is 19.8 Å². The van der Waals surface area contributed by atoms with Gasteiger partial charge in [0.2, 0.25) is 5.91 Å². The van der Waals surface area contributed by atoms with Crippen LogP contribution in [0.2, 0.25) is 0 Å². The molecule has 0 aliphatic heterocycles. The Morgan fingerprint density at radius 1 is 0.457 bits per heavy atom. The van der Waals surface area contributed by atoms with Gasteiger partial charge in [0, 0.05) is 12.8 Å². The number of carbonyl (C=O) groups is 3. The van der Waals surface area contributed by atoms with Gasteiger partial charge >= 0.3 is 19.8 Å². The number of carbonyl (C=O) groups excluding carboxylic acids is 2. The second kappa shape index (κ2) is 52.8. The van der Waals surface area contributed by atoms with Gasteiger partial charge in [-0.2, -0.15) is 0 Å². The summed E-state index contributed by atoms with van der Waals surface area (Å²) in [4.78, 5) is 46.3. The maximum absolute atomic E-state index is 12.4. The summed E-state index contributed by atoms with van der Waals surface area (Å²) in [7, 11) is -4.77. The molecule has 1 amide bonds. The standard InChI is InChI=1S/C58H106NO10P/c1-3-5-7-9-11-13-15-17-19-21-23-25-27-29-31-33-35-37-39-41-43-45-47-49-56(61)59-55(58(63)64)53-69-70(65,66)68-52-54(60)51-67-57(62)50-48-46-44-42-40-38-36-34-32-30-28-26-24-22-20-18-16-14-12-10-8-6-4-2/h12,14,18,20,24,26,30,32,54-55,60H,3-11,13,15-17,19,21-23,25,27-29,31,33-53H2,1-2H3,(H,59,61)(H,63,64)(H,65,66)/b14-12-,20-18-,26-24-,32-30-. The predicted molar refractivity (Wildman–Crippen MR) is 291 cm³/mol. The van der Waals surface area contributed by atoms with E-state index in [-0.39, 0.29) is 12.8 Å². The average molecular weight is 1010 g/mol. The number of esters is 1. The fraction of sp³-hybridized carbons (Fsp3) is 0.810. The average Bonchev–Trinajstić information content (AvgIpc) is 3.34. The first-order chi connectivity index (χ1) is 34.1. The summed E-state index contributed by atoms with van der Waals surface area (Å²) in [6.45, 7) is 2.61. The number of allylic oxidation sites excluding steroid dienone is 8. The van der Waals surface area contributed by atoms with Crippen LogP contribution in [0.4, 0.5) is 0 Å². The van der Waals surface area contributed by atoms with Gasteiger partial charge in [0.1, 0.15) is 12.7 Å². The van der Waals surface area contributed by atoms with Gasteiger partial charge in [0.05, 0.1) is 13.2 Å². The number of carboxylic acid groups (broad SMARTS) is 1. The molecule has 3 atom stereocenters. The van der Waals surface area contributed by atoms with Crippen molar-refractivity contribution in [2.45, 2.75) is 283 Å². The molecule has 0 fully saturated rings. The molecular weight excluding hydrogens is 902 g/mol. The molecule has 0 aromatic heterocycles. The molecule has 408 valence electrons. The van der Waals surface area contributed by atoms with Crippen molar-refractivity contribution < 1.29 is 47.8 Å². The number of unbranched alkanes of at least 4 members (excludes halogenated alkanes) is 32. The van der Waals surface area contributed by atoms with E-state index in [1.165, 1.54) is 161 Å². The number of rotatable bonds is 54. The van der Waals surface area contributed by atoms with E-state index in [1.54, 1.807) is 0 Å². The lowest BCUT2D eigenvalue weighted by molar-refractivity contribution is -0.147. The second-order valence-corrected chi connectivity index (χ2v) is 20.9. The van der Waals surface area contributed by atoms with Crippen molar-refractivity contribution in [2.24, 2.45) is 0 Å². The molecule has 0 bridgehead atoms. The number of hydrogen-bond acceptors (Lipinski definition) is 8. The molecule has 4 N–H and O–H groups in total. The smallest absolute Gasteiger partial charge is 0.472 e. The molecule has 0 spiro atoms. The first-order valence-corrected chi connectivity index (χ1v) is 30.2. The van der Waals surface area contributed by atoms with Gasteiger partial charge in [-0.25, -0.2) is 9.36 Å². The molecule has 12 heteroatoms. The summed E-state index contributed by atoms with van der Waals surface area (Å²) in [5.74, 6) is -2.37. The number of aliphatic hydroxyl groups excluding tert-OH is 1. The van der Waals surface area contributed by atoms with Gasteiger partial charge in [0.15, 0.2) is 6.04 Å². The summed E-state index contributed by atoms with van der Waals surface area (Å²) in [5, 5.41) is 22.0. The molecule has 0 radical (unpaired) electrons. The van der Waals surface area contributed by atoms with E-state index < -0.39 is 57.6 Å². The molecule has 0 aliphatic carbocycles. The first kappa shape index (κ1) is 67.4. The SMILES string of the molecule is CCCCC/C=C\C/C=C\C/C=C\C/C=C\CCCCCCCCCC(=O)OCC(O)COP(=O)(O)OCC(NC(=O)CCCCCCCCCCCCCCCCCCCCCCCCC)C(=O)O. The number of aliphatic carboxylic acids is 1. The molecule has 11 nitrogen and oxygen atoms in total. The monoisotopic (exact) mass is 1010 g/mol. The third kappa shape index (κ3) is 51.8. The van der Waals surface area contributed by atoms with Crippen molar-refractivity contribution in [3.05, 3.63) is 48.6 Å². The number of amides is 1. The maximum Gasteiger partial charge on any atom is 0.472 e. The van der Waals surface area contributed by atoms with Gasteiger partial charge in [0.25, 0.3) is 0 Å². The summed E-state index contributed by atoms with van der Waals surface area (Å²) < 4.78 is 27.0. The van der Waals surface area contributed by atoms with Crippen LogP contribution in [0.25, 0.3) is 0 Å². The topological polar surface area (TPSA) is 169 Å². The van der Waals surface area contributed by atoms with E-state index in [0.29, 0.717) is 12.8 Å². The molecule has 70 heavy (non-hydrogen) atoms. The largest absolute Gasteiger partial charge is 0.480 e. The maximum atomic E-state index is 12.4. The van der Waals surface area contributed by atoms with Crippen molar-refractivity contribution >= 4 is 25.7 Å². The summed E-state index contributed by atoms with van der Waals surface area (Å²) >= 11 is 0. The minimum absolute atomic E-state index is 0.148. The van der Waals surface area contributed by atoms with Crippen molar-refractivity contribution in [1.29, 1.82) is 0 Å². The molecule has 0 saturated carbocycles. The molecule has 0 heterocycles. The lowest BCUT2D eigenvalue weighted by Gasteiger charge is -2.18. The summed E-state index contributed by atoms with van der Waals surface area (Å²) in [6.07, 6.45) is 62.8. The highest BCUT2D eigenvalue weighted by molar-refractivity contribution is 7.47. The normalized spacial score (nSPS) is 13.8. The summed E-state index contributed by atoms with van der Waals surface area (Å²) in [5.41, 5.74) is 0. The van der Waals surface area contributed by atoms with Crippen LogP contribution in [0.1, 0.15) is 271 Å². The number of ether oxygens (including phenoxy) is 1. The van der Waals surface area contributed by atoms with Gasteiger partial charge in [-0.3, -0.25) is 18.6 Å². The third-order valence-electron chi connectivity index (χ3n) is 12.6. The Balaban J connectivity index is 3.79. The van der Waals surface area contributed by atoms with Crippen molar-refractivity contribution in [1.82, 2.24) is 5.32 Å². The Kier molecular flexibility index (Phi) is 50.8. The van der Waals surface area contributed by atoms with E-state index in [1.807, 2.05) is 0 Å². The number of nitrogens with one attached hydrogen (secondary N) is 1. The highest BCUT2D eigenvalue weighted by Crippen LogP contribution is 2.43. The molecule has 0 aliphatic rings. The van der Waals surface area contributed by atoms with Crippen LogP contribution in [0.3, 0.4) is 0 Å². The fourth-order valence-corrected chi connectivity index (χ4v) is 8.96. The molecular formula is C58H106NO10P. The lowest BCUT2D eigenvalue weighted by atomic mass is 10.0. The quantitative estimate of drug-likeness (QED) is 0.0199. The molecule has 3 unspecified atom stereocenters. The zero-order valence-electron chi connectivity index (χ0n) is 44.8. The van der Waals surface area contributed by atoms with Crippen LogP contribution in [0.15, 0.2) is 48.6 Å². The molecule has 0 aromatic rings. The number of aliphatic hydroxyl groups is 1. The van der Waals surface area contributed by atoms with E-state index in [9.17, 15) is 34.1 Å². The van der Waals surface area contributed by atoms with Gasteiger partial charge in [-0.1, -0.05) is 249 Å². The third-order valence-corrected chi connectivity index (χ3v) is 13.6. The Morgan fingerprint density at radius 2 is 0.786 bits per heavy atom. The van der Waals surface area contributed by atoms with Crippen LogP contribution < -0.4 is 5.32 Å². The minimum atomic E-state index is -4.77. The van der Waals surface area contributed by atoms with Gasteiger partial charge in [-0.05, 0) is 57.8 Å². The minimum Gasteiger partial charge on any atom is -0.480 e. The second-order valence-electron chi connectivity index (χ2n) is 19.5. The predicted octanol–water partition coefficient (Wildman–Crippen LogP) is 16.5. The van der Waals surface area contributed by atoms with Crippen LogP contribution in [-0.4, -0.2) is 64.9 Å².